The molecule has 19 heavy (non-hydrogen) atoms. The maximum absolute atomic E-state index is 10.9. The molecule has 1 aromatic carbocycles. The first-order valence-electron chi connectivity index (χ1n) is 6.22. The summed E-state index contributed by atoms with van der Waals surface area (Å²) in [6.07, 6.45) is 0.890. The number of benzene rings is 1. The van der Waals surface area contributed by atoms with Crippen LogP contribution in [0, 0.1) is 0 Å². The van der Waals surface area contributed by atoms with E-state index in [1.807, 2.05) is 36.1 Å². The van der Waals surface area contributed by atoms with Crippen LogP contribution in [-0.4, -0.2) is 29.1 Å². The standard InChI is InChI=1S/C14H16ClNO3/c1-2-7-16(9-13(17)18)8-11-10-5-3-4-6-12(10)19-14(11)15/h3-6H,2,7-9H2,1H3,(H,17,18). The zero-order chi connectivity index (χ0) is 13.8. The van der Waals surface area contributed by atoms with Crippen LogP contribution in [0.1, 0.15) is 18.9 Å². The van der Waals surface area contributed by atoms with E-state index in [1.165, 1.54) is 0 Å². The lowest BCUT2D eigenvalue weighted by Crippen LogP contribution is -2.30. The molecule has 1 heterocycles. The number of para-hydroxylation sites is 1. The molecule has 1 aromatic heterocycles. The normalized spacial score (nSPS) is 11.3. The lowest BCUT2D eigenvalue weighted by molar-refractivity contribution is -0.138. The number of carboxylic acid groups (broad SMARTS) is 1. The minimum atomic E-state index is -0.836. The third kappa shape index (κ3) is 3.28. The van der Waals surface area contributed by atoms with Crippen LogP contribution >= 0.6 is 11.6 Å². The van der Waals surface area contributed by atoms with Crippen molar-refractivity contribution in [3.05, 3.63) is 35.0 Å². The highest BCUT2D eigenvalue weighted by Gasteiger charge is 2.17. The van der Waals surface area contributed by atoms with E-state index in [9.17, 15) is 4.79 Å². The van der Waals surface area contributed by atoms with Gasteiger partial charge in [0.15, 0.2) is 5.22 Å². The van der Waals surface area contributed by atoms with Gasteiger partial charge in [-0.3, -0.25) is 9.69 Å². The maximum Gasteiger partial charge on any atom is 0.317 e. The molecule has 0 spiro atoms. The highest BCUT2D eigenvalue weighted by molar-refractivity contribution is 6.30. The number of hydrogen-bond acceptors (Lipinski definition) is 3. The second-order valence-electron chi connectivity index (χ2n) is 4.45. The van der Waals surface area contributed by atoms with Crippen LogP contribution in [0.3, 0.4) is 0 Å². The quantitative estimate of drug-likeness (QED) is 0.882. The number of aliphatic carboxylic acids is 1. The maximum atomic E-state index is 10.9. The third-order valence-electron chi connectivity index (χ3n) is 2.93. The van der Waals surface area contributed by atoms with Gasteiger partial charge in [-0.1, -0.05) is 25.1 Å². The molecular formula is C14H16ClNO3. The molecule has 0 amide bonds. The van der Waals surface area contributed by atoms with Gasteiger partial charge in [-0.05, 0) is 30.6 Å². The van der Waals surface area contributed by atoms with E-state index < -0.39 is 5.97 Å². The summed E-state index contributed by atoms with van der Waals surface area (Å²) in [6.45, 7) is 3.21. The van der Waals surface area contributed by atoms with Gasteiger partial charge in [0.1, 0.15) is 5.58 Å². The first-order chi connectivity index (χ1) is 9.11. The van der Waals surface area contributed by atoms with E-state index in [0.29, 0.717) is 18.3 Å². The number of nitrogens with zero attached hydrogens (tertiary/aromatic N) is 1. The molecule has 0 aliphatic heterocycles. The summed E-state index contributed by atoms with van der Waals surface area (Å²) in [4.78, 5) is 12.7. The van der Waals surface area contributed by atoms with Crippen molar-refractivity contribution >= 4 is 28.5 Å². The summed E-state index contributed by atoms with van der Waals surface area (Å²) in [5.74, 6) is -0.836. The van der Waals surface area contributed by atoms with Crippen LogP contribution in [0.5, 0.6) is 0 Å². The van der Waals surface area contributed by atoms with Crippen LogP contribution in [0.2, 0.25) is 5.22 Å². The predicted molar refractivity (Wildman–Crippen MR) is 74.4 cm³/mol. The van der Waals surface area contributed by atoms with Crippen LogP contribution in [-0.2, 0) is 11.3 Å². The Morgan fingerprint density at radius 3 is 2.84 bits per heavy atom. The molecular weight excluding hydrogens is 266 g/mol. The van der Waals surface area contributed by atoms with E-state index >= 15 is 0 Å². The molecule has 0 fully saturated rings. The van der Waals surface area contributed by atoms with Crippen molar-refractivity contribution in [2.75, 3.05) is 13.1 Å². The van der Waals surface area contributed by atoms with Gasteiger partial charge < -0.3 is 9.52 Å². The smallest absolute Gasteiger partial charge is 0.317 e. The molecule has 0 aliphatic rings. The average molecular weight is 282 g/mol. The van der Waals surface area contributed by atoms with Gasteiger partial charge in [-0.2, -0.15) is 0 Å². The molecule has 2 rings (SSSR count). The Balaban J connectivity index is 2.27. The van der Waals surface area contributed by atoms with Gasteiger partial charge in [0.05, 0.1) is 6.54 Å². The summed E-state index contributed by atoms with van der Waals surface area (Å²) in [5.41, 5.74) is 1.58. The summed E-state index contributed by atoms with van der Waals surface area (Å²) < 4.78 is 5.47. The van der Waals surface area contributed by atoms with Crippen molar-refractivity contribution < 1.29 is 14.3 Å². The number of carbonyl (C=O) groups is 1. The number of carboxylic acids is 1. The van der Waals surface area contributed by atoms with Gasteiger partial charge >= 0.3 is 5.97 Å². The molecule has 0 aliphatic carbocycles. The zero-order valence-corrected chi connectivity index (χ0v) is 11.5. The Morgan fingerprint density at radius 2 is 2.16 bits per heavy atom. The van der Waals surface area contributed by atoms with Gasteiger partial charge in [0.25, 0.3) is 0 Å². The van der Waals surface area contributed by atoms with Gasteiger partial charge in [0.2, 0.25) is 0 Å². The fourth-order valence-corrected chi connectivity index (χ4v) is 2.41. The van der Waals surface area contributed by atoms with Crippen LogP contribution in [0.4, 0.5) is 0 Å². The molecule has 0 atom stereocenters. The first-order valence-corrected chi connectivity index (χ1v) is 6.59. The Hall–Kier alpha value is -1.52. The van der Waals surface area contributed by atoms with Crippen LogP contribution in [0.15, 0.2) is 28.7 Å². The number of hydrogen-bond donors (Lipinski definition) is 1. The fraction of sp³-hybridized carbons (Fsp3) is 0.357. The molecule has 0 radical (unpaired) electrons. The molecule has 0 saturated heterocycles. The van der Waals surface area contributed by atoms with E-state index in [2.05, 4.69) is 0 Å². The van der Waals surface area contributed by atoms with Crippen molar-refractivity contribution in [1.29, 1.82) is 0 Å². The monoisotopic (exact) mass is 281 g/mol. The molecule has 1 N–H and O–H groups in total. The summed E-state index contributed by atoms with van der Waals surface area (Å²) in [6, 6.07) is 7.59. The zero-order valence-electron chi connectivity index (χ0n) is 10.7. The number of rotatable bonds is 6. The van der Waals surface area contributed by atoms with E-state index in [1.54, 1.807) is 0 Å². The van der Waals surface area contributed by atoms with Crippen molar-refractivity contribution in [3.63, 3.8) is 0 Å². The van der Waals surface area contributed by atoms with Gasteiger partial charge in [0, 0.05) is 17.5 Å². The summed E-state index contributed by atoms with van der Waals surface area (Å²) >= 11 is 6.11. The second kappa shape index (κ2) is 6.08. The average Bonchev–Trinajstić information content (AvgIpc) is 2.66. The van der Waals surface area contributed by atoms with Gasteiger partial charge in [-0.25, -0.2) is 0 Å². The lowest BCUT2D eigenvalue weighted by atomic mass is 10.1. The van der Waals surface area contributed by atoms with Crippen LogP contribution in [0.25, 0.3) is 11.0 Å². The van der Waals surface area contributed by atoms with Crippen molar-refractivity contribution in [2.45, 2.75) is 19.9 Å². The highest BCUT2D eigenvalue weighted by Crippen LogP contribution is 2.30. The number of halogens is 1. The summed E-state index contributed by atoms with van der Waals surface area (Å²) in [7, 11) is 0. The largest absolute Gasteiger partial charge is 0.480 e. The molecule has 0 bridgehead atoms. The molecule has 4 nitrogen and oxygen atoms in total. The Labute approximate surface area is 116 Å². The van der Waals surface area contributed by atoms with Crippen molar-refractivity contribution in [3.8, 4) is 0 Å². The SMILES string of the molecule is CCCN(CC(=O)O)Cc1c(Cl)oc2ccccc12. The second-order valence-corrected chi connectivity index (χ2v) is 4.80. The van der Waals surface area contributed by atoms with E-state index in [4.69, 9.17) is 21.1 Å². The van der Waals surface area contributed by atoms with E-state index in [-0.39, 0.29) is 6.54 Å². The fourth-order valence-electron chi connectivity index (χ4n) is 2.16. The Bertz CT molecular complexity index is 579. The molecule has 2 aromatic rings. The first kappa shape index (κ1) is 13.9. The molecule has 102 valence electrons. The Morgan fingerprint density at radius 1 is 1.42 bits per heavy atom. The number of fused-ring (bicyclic) bond motifs is 1. The molecule has 0 saturated carbocycles. The Kier molecular flexibility index (Phi) is 4.45. The van der Waals surface area contributed by atoms with Crippen molar-refractivity contribution in [1.82, 2.24) is 4.90 Å². The van der Waals surface area contributed by atoms with E-state index in [0.717, 1.165) is 23.0 Å². The topological polar surface area (TPSA) is 53.7 Å². The third-order valence-corrected chi connectivity index (χ3v) is 3.23. The molecule has 5 heteroatoms. The minimum absolute atomic E-state index is 0.00365. The van der Waals surface area contributed by atoms with Crippen LogP contribution < -0.4 is 0 Å². The molecule has 0 unspecified atom stereocenters. The van der Waals surface area contributed by atoms with Gasteiger partial charge in [-0.15, -0.1) is 0 Å². The van der Waals surface area contributed by atoms with Crippen molar-refractivity contribution in [2.24, 2.45) is 0 Å². The highest BCUT2D eigenvalue weighted by atomic mass is 35.5. The predicted octanol–water partition coefficient (Wildman–Crippen LogP) is 3.38. The minimum Gasteiger partial charge on any atom is -0.480 e. The summed E-state index contributed by atoms with van der Waals surface area (Å²) in [5, 5.41) is 10.2. The number of furan rings is 1. The lowest BCUT2D eigenvalue weighted by Gasteiger charge is -2.18.